The van der Waals surface area contributed by atoms with Crippen molar-refractivity contribution in [3.8, 4) is 5.75 Å². The van der Waals surface area contributed by atoms with Gasteiger partial charge < -0.3 is 20.3 Å². The highest BCUT2D eigenvalue weighted by Crippen LogP contribution is 2.32. The molecule has 2 aliphatic heterocycles. The fraction of sp³-hybridized carbons (Fsp3) is 0.467. The molecule has 3 aliphatic rings. The average Bonchev–Trinajstić information content (AvgIpc) is 3.20. The van der Waals surface area contributed by atoms with Crippen LogP contribution >= 0.6 is 0 Å². The first kappa shape index (κ1) is 24.6. The van der Waals surface area contributed by atoms with Gasteiger partial charge in [-0.05, 0) is 74.3 Å². The highest BCUT2D eigenvalue weighted by molar-refractivity contribution is 6.01. The number of piperidine rings is 1. The van der Waals surface area contributed by atoms with Gasteiger partial charge >= 0.3 is 0 Å². The van der Waals surface area contributed by atoms with Gasteiger partial charge in [-0.3, -0.25) is 9.59 Å². The number of benzene rings is 2. The number of hydrogen-bond acceptors (Lipinski definition) is 4. The molecule has 4 atom stereocenters. The van der Waals surface area contributed by atoms with Crippen LogP contribution in [0.2, 0.25) is 0 Å². The molecule has 1 saturated heterocycles. The van der Waals surface area contributed by atoms with Crippen molar-refractivity contribution in [2.75, 3.05) is 6.61 Å². The zero-order chi connectivity index (χ0) is 25.1. The predicted octanol–water partition coefficient (Wildman–Crippen LogP) is 4.59. The largest absolute Gasteiger partial charge is 0.492 e. The molecule has 190 valence electrons. The molecule has 1 saturated carbocycles. The molecule has 2 aromatic carbocycles. The minimum Gasteiger partial charge on any atom is -0.492 e. The number of amides is 2. The number of para-hydroxylation sites is 1. The smallest absolute Gasteiger partial charge is 0.255 e. The Morgan fingerprint density at radius 2 is 1.92 bits per heavy atom. The summed E-state index contributed by atoms with van der Waals surface area (Å²) < 4.78 is 5.96. The molecule has 0 bridgehead atoms. The number of allylic oxidation sites excluding steroid dienone is 1. The van der Waals surface area contributed by atoms with Gasteiger partial charge in [0.15, 0.2) is 0 Å². The minimum absolute atomic E-state index is 0.0336. The van der Waals surface area contributed by atoms with Gasteiger partial charge in [-0.2, -0.15) is 0 Å². The van der Waals surface area contributed by atoms with Gasteiger partial charge in [0.05, 0.1) is 0 Å². The first-order chi connectivity index (χ1) is 17.5. The fourth-order valence-electron chi connectivity index (χ4n) is 5.96. The van der Waals surface area contributed by atoms with Crippen molar-refractivity contribution in [2.24, 2.45) is 5.92 Å². The maximum atomic E-state index is 13.1. The molecule has 0 aromatic heterocycles. The quantitative estimate of drug-likeness (QED) is 0.571. The molecule has 2 amide bonds. The van der Waals surface area contributed by atoms with E-state index < -0.39 is 6.04 Å². The summed E-state index contributed by atoms with van der Waals surface area (Å²) in [7, 11) is 0. The Hall–Kier alpha value is -3.12. The summed E-state index contributed by atoms with van der Waals surface area (Å²) in [5.74, 6) is 1.31. The van der Waals surface area contributed by atoms with Crippen molar-refractivity contribution in [2.45, 2.75) is 76.5 Å². The summed E-state index contributed by atoms with van der Waals surface area (Å²) >= 11 is 0. The fourth-order valence-corrected chi connectivity index (χ4v) is 5.96. The van der Waals surface area contributed by atoms with Gasteiger partial charge in [0.2, 0.25) is 5.91 Å². The molecule has 0 radical (unpaired) electrons. The van der Waals surface area contributed by atoms with E-state index in [0.29, 0.717) is 38.0 Å². The van der Waals surface area contributed by atoms with Crippen molar-refractivity contribution in [1.82, 2.24) is 15.5 Å². The molecule has 2 fully saturated rings. The maximum absolute atomic E-state index is 13.1. The second kappa shape index (κ2) is 10.9. The van der Waals surface area contributed by atoms with Crippen LogP contribution in [-0.2, 0) is 17.8 Å². The van der Waals surface area contributed by atoms with Crippen LogP contribution in [0.4, 0.5) is 0 Å². The number of carbonyl (C=O) groups is 2. The molecule has 36 heavy (non-hydrogen) atoms. The van der Waals surface area contributed by atoms with E-state index >= 15 is 0 Å². The minimum atomic E-state index is -0.412. The molecule has 2 N–H and O–H groups in total. The Labute approximate surface area is 214 Å². The Balaban J connectivity index is 1.20. The molecule has 2 unspecified atom stereocenters. The Morgan fingerprint density at radius 1 is 1.11 bits per heavy atom. The highest BCUT2D eigenvalue weighted by atomic mass is 16.5. The van der Waals surface area contributed by atoms with E-state index in [-0.39, 0.29) is 17.9 Å². The number of carbonyl (C=O) groups excluding carboxylic acids is 2. The van der Waals surface area contributed by atoms with E-state index in [1.807, 2.05) is 36.4 Å². The normalized spacial score (nSPS) is 24.9. The molecular weight excluding hydrogens is 450 g/mol. The molecule has 6 nitrogen and oxygen atoms in total. The van der Waals surface area contributed by atoms with Crippen LogP contribution in [0, 0.1) is 5.92 Å². The molecule has 2 heterocycles. The lowest BCUT2D eigenvalue weighted by Gasteiger charge is -2.34. The van der Waals surface area contributed by atoms with Crippen molar-refractivity contribution in [1.29, 1.82) is 0 Å². The van der Waals surface area contributed by atoms with Crippen LogP contribution in [0.3, 0.4) is 0 Å². The number of ether oxygens (including phenoxy) is 1. The molecule has 2 aromatic rings. The van der Waals surface area contributed by atoms with Crippen LogP contribution in [0.25, 0.3) is 0 Å². The van der Waals surface area contributed by atoms with Crippen molar-refractivity contribution in [3.05, 3.63) is 77.5 Å². The molecular formula is C30H37N3O3. The summed E-state index contributed by atoms with van der Waals surface area (Å²) in [5, 5.41) is 6.65. The summed E-state index contributed by atoms with van der Waals surface area (Å²) in [6.07, 6.45) is 7.25. The van der Waals surface area contributed by atoms with E-state index in [4.69, 9.17) is 4.74 Å². The van der Waals surface area contributed by atoms with E-state index in [1.54, 1.807) is 4.90 Å². The van der Waals surface area contributed by atoms with Gasteiger partial charge in [0.1, 0.15) is 18.4 Å². The Kier molecular flexibility index (Phi) is 7.42. The lowest BCUT2D eigenvalue weighted by molar-refractivity contribution is -0.126. The van der Waals surface area contributed by atoms with Crippen LogP contribution in [-0.4, -0.2) is 41.4 Å². The molecule has 6 heteroatoms. The Morgan fingerprint density at radius 3 is 2.72 bits per heavy atom. The SMILES string of the molecule is C=C1CCC(N2Cc3cc(C[C@H]4CCCC[C@@H]4NC(C)COc4ccccc4)ccc3C2=O)C(=O)N1. The van der Waals surface area contributed by atoms with Crippen molar-refractivity contribution >= 4 is 11.8 Å². The van der Waals surface area contributed by atoms with Gasteiger partial charge in [0.25, 0.3) is 5.91 Å². The average molecular weight is 488 g/mol. The number of fused-ring (bicyclic) bond motifs is 1. The van der Waals surface area contributed by atoms with Crippen molar-refractivity contribution < 1.29 is 14.3 Å². The Bertz CT molecular complexity index is 1120. The summed E-state index contributed by atoms with van der Waals surface area (Å²) in [4.78, 5) is 27.3. The van der Waals surface area contributed by atoms with E-state index in [2.05, 4.69) is 36.3 Å². The van der Waals surface area contributed by atoms with Gasteiger partial charge in [-0.25, -0.2) is 0 Å². The molecule has 5 rings (SSSR count). The molecule has 0 spiro atoms. The van der Waals surface area contributed by atoms with Crippen LogP contribution < -0.4 is 15.4 Å². The second-order valence-electron chi connectivity index (χ2n) is 10.6. The number of rotatable bonds is 8. The summed E-state index contributed by atoms with van der Waals surface area (Å²) in [6, 6.07) is 16.6. The molecule has 1 aliphatic carbocycles. The van der Waals surface area contributed by atoms with Gasteiger partial charge in [-0.1, -0.05) is 49.8 Å². The standard InChI is InChI=1S/C30H37N3O3/c1-20-12-15-28(29(34)32-20)33-18-24-17-22(13-14-26(24)30(33)35)16-23-8-6-7-11-27(23)31-21(2)19-36-25-9-4-3-5-10-25/h3-5,9-10,13-14,17,21,23,27-28,31H,1,6-8,11-12,15-16,18-19H2,2H3,(H,32,34)/t21?,23-,27+,28?/m1/s1. The summed E-state index contributed by atoms with van der Waals surface area (Å²) in [6.45, 7) is 7.20. The van der Waals surface area contributed by atoms with Gasteiger partial charge in [0, 0.05) is 29.9 Å². The zero-order valence-corrected chi connectivity index (χ0v) is 21.2. The van der Waals surface area contributed by atoms with Gasteiger partial charge in [-0.15, -0.1) is 0 Å². The lowest BCUT2D eigenvalue weighted by Crippen LogP contribution is -2.49. The predicted molar refractivity (Wildman–Crippen MR) is 141 cm³/mol. The van der Waals surface area contributed by atoms with Crippen LogP contribution in [0.15, 0.2) is 60.8 Å². The van der Waals surface area contributed by atoms with Crippen LogP contribution in [0.5, 0.6) is 5.75 Å². The number of hydrogen-bond donors (Lipinski definition) is 2. The topological polar surface area (TPSA) is 70.7 Å². The highest BCUT2D eigenvalue weighted by Gasteiger charge is 2.38. The summed E-state index contributed by atoms with van der Waals surface area (Å²) in [5.41, 5.74) is 3.79. The maximum Gasteiger partial charge on any atom is 0.255 e. The number of nitrogens with zero attached hydrogens (tertiary/aromatic N) is 1. The second-order valence-corrected chi connectivity index (χ2v) is 10.6. The zero-order valence-electron chi connectivity index (χ0n) is 21.2. The lowest BCUT2D eigenvalue weighted by atomic mass is 9.80. The third-order valence-electron chi connectivity index (χ3n) is 7.85. The van der Waals surface area contributed by atoms with Crippen LogP contribution in [0.1, 0.15) is 66.9 Å². The first-order valence-corrected chi connectivity index (χ1v) is 13.3. The first-order valence-electron chi connectivity index (χ1n) is 13.3. The van der Waals surface area contributed by atoms with Crippen molar-refractivity contribution in [3.63, 3.8) is 0 Å². The number of nitrogens with one attached hydrogen (secondary N) is 2. The third-order valence-corrected chi connectivity index (χ3v) is 7.85. The van der Waals surface area contributed by atoms with E-state index in [1.165, 1.54) is 31.2 Å². The van der Waals surface area contributed by atoms with E-state index in [9.17, 15) is 9.59 Å². The van der Waals surface area contributed by atoms with E-state index in [0.717, 1.165) is 29.0 Å². The monoisotopic (exact) mass is 487 g/mol. The third kappa shape index (κ3) is 5.49.